The van der Waals surface area contributed by atoms with E-state index < -0.39 is 0 Å². The molecule has 2 aromatic heterocycles. The summed E-state index contributed by atoms with van der Waals surface area (Å²) in [5.41, 5.74) is 1.33. The molecule has 0 aromatic carbocycles. The molecule has 8 nitrogen and oxygen atoms in total. The van der Waals surface area contributed by atoms with Crippen molar-refractivity contribution in [3.8, 4) is 5.88 Å². The molecule has 1 aliphatic rings. The number of carbonyl (C=O) groups excluding carboxylic acids is 1. The van der Waals surface area contributed by atoms with Gasteiger partial charge in [-0.05, 0) is 38.3 Å². The normalized spacial score (nSPS) is 16.7. The largest absolute Gasteiger partial charge is 0.476 e. The Hall–Kier alpha value is -2.64. The Morgan fingerprint density at radius 1 is 1.44 bits per heavy atom. The van der Waals surface area contributed by atoms with Crippen LogP contribution in [0.15, 0.2) is 15.4 Å². The van der Waals surface area contributed by atoms with Crippen LogP contribution >= 0.6 is 0 Å². The van der Waals surface area contributed by atoms with Crippen LogP contribution in [0.3, 0.4) is 0 Å². The summed E-state index contributed by atoms with van der Waals surface area (Å²) in [5.74, 6) is 1.66. The zero-order valence-electron chi connectivity index (χ0n) is 16.1. The van der Waals surface area contributed by atoms with Gasteiger partial charge in [0.2, 0.25) is 5.91 Å². The molecule has 3 rings (SSSR count). The average Bonchev–Trinajstić information content (AvgIpc) is 3.29. The van der Waals surface area contributed by atoms with Crippen molar-refractivity contribution in [2.75, 3.05) is 13.2 Å². The number of hydrogen-bond donors (Lipinski definition) is 1. The maximum absolute atomic E-state index is 12.7. The fourth-order valence-corrected chi connectivity index (χ4v) is 3.56. The number of aromatic nitrogens is 3. The van der Waals surface area contributed by atoms with E-state index in [4.69, 9.17) is 9.26 Å². The molecule has 0 aliphatic carbocycles. The molecule has 1 amide bonds. The number of aryl methyl sites for hydroxylation is 2. The van der Waals surface area contributed by atoms with Crippen molar-refractivity contribution >= 4 is 5.91 Å². The Balaban J connectivity index is 1.68. The highest BCUT2D eigenvalue weighted by atomic mass is 16.5. The first kappa shape index (κ1) is 19.1. The lowest BCUT2D eigenvalue weighted by atomic mass is 10.1. The fraction of sp³-hybridized carbons (Fsp3) is 0.579. The van der Waals surface area contributed by atoms with Crippen LogP contribution in [0.4, 0.5) is 0 Å². The second-order valence-corrected chi connectivity index (χ2v) is 6.68. The molecule has 1 N–H and O–H groups in total. The van der Waals surface area contributed by atoms with Gasteiger partial charge in [0.1, 0.15) is 11.6 Å². The summed E-state index contributed by atoms with van der Waals surface area (Å²) in [6.07, 6.45) is 3.11. The second kappa shape index (κ2) is 8.37. The maximum atomic E-state index is 12.7. The molecule has 0 unspecified atom stereocenters. The Morgan fingerprint density at radius 3 is 2.96 bits per heavy atom. The molecule has 1 aliphatic heterocycles. The molecule has 1 saturated heterocycles. The minimum Gasteiger partial charge on any atom is -0.476 e. The minimum absolute atomic E-state index is 0.0201. The summed E-state index contributed by atoms with van der Waals surface area (Å²) in [4.78, 5) is 34.3. The van der Waals surface area contributed by atoms with Crippen molar-refractivity contribution in [3.63, 3.8) is 0 Å². The van der Waals surface area contributed by atoms with Gasteiger partial charge in [0.25, 0.3) is 11.4 Å². The van der Waals surface area contributed by atoms with Gasteiger partial charge in [-0.1, -0.05) is 6.92 Å². The van der Waals surface area contributed by atoms with Gasteiger partial charge in [-0.3, -0.25) is 9.59 Å². The smallest absolute Gasteiger partial charge is 0.254 e. The van der Waals surface area contributed by atoms with E-state index in [1.807, 2.05) is 25.7 Å². The van der Waals surface area contributed by atoms with Gasteiger partial charge in [-0.25, -0.2) is 4.98 Å². The number of rotatable bonds is 7. The summed E-state index contributed by atoms with van der Waals surface area (Å²) < 4.78 is 10.5. The van der Waals surface area contributed by atoms with Gasteiger partial charge >= 0.3 is 0 Å². The molecule has 8 heteroatoms. The first-order valence-corrected chi connectivity index (χ1v) is 9.51. The summed E-state index contributed by atoms with van der Waals surface area (Å²) in [7, 11) is 0. The minimum atomic E-state index is -0.177. The van der Waals surface area contributed by atoms with Gasteiger partial charge in [0.05, 0.1) is 12.6 Å². The Kier molecular flexibility index (Phi) is 5.93. The van der Waals surface area contributed by atoms with Crippen molar-refractivity contribution in [1.82, 2.24) is 20.0 Å². The molecular weight excluding hydrogens is 348 g/mol. The number of nitrogens with zero attached hydrogens (tertiary/aromatic N) is 3. The molecule has 1 atom stereocenters. The summed E-state index contributed by atoms with van der Waals surface area (Å²) >= 11 is 0. The SMILES string of the molecule is CCOc1cc(CCC(=O)N2CCC[C@H]2c2nc(C)c(CC)c(=O)[nH]2)on1. The topological polar surface area (TPSA) is 101 Å². The van der Waals surface area contributed by atoms with Crippen LogP contribution < -0.4 is 10.3 Å². The average molecular weight is 374 g/mol. The molecule has 146 valence electrons. The van der Waals surface area contributed by atoms with Crippen LogP contribution in [0.25, 0.3) is 0 Å². The Bertz CT molecular complexity index is 858. The highest BCUT2D eigenvalue weighted by Gasteiger charge is 2.32. The van der Waals surface area contributed by atoms with Crippen LogP contribution in [-0.2, 0) is 17.6 Å². The van der Waals surface area contributed by atoms with Crippen LogP contribution in [0.5, 0.6) is 5.88 Å². The van der Waals surface area contributed by atoms with Crippen LogP contribution in [-0.4, -0.2) is 39.1 Å². The van der Waals surface area contributed by atoms with Crippen LogP contribution in [0, 0.1) is 6.92 Å². The van der Waals surface area contributed by atoms with E-state index in [0.717, 1.165) is 18.5 Å². The molecule has 3 heterocycles. The fourth-order valence-electron chi connectivity index (χ4n) is 3.56. The van der Waals surface area contributed by atoms with E-state index in [9.17, 15) is 9.59 Å². The number of likely N-dealkylation sites (tertiary alicyclic amines) is 1. The zero-order valence-corrected chi connectivity index (χ0v) is 16.1. The lowest BCUT2D eigenvalue weighted by Gasteiger charge is -2.24. The Labute approximate surface area is 157 Å². The van der Waals surface area contributed by atoms with Gasteiger partial charge in [0.15, 0.2) is 0 Å². The number of carbonyl (C=O) groups is 1. The number of H-pyrrole nitrogens is 1. The predicted molar refractivity (Wildman–Crippen MR) is 98.7 cm³/mol. The van der Waals surface area contributed by atoms with E-state index in [-0.39, 0.29) is 17.5 Å². The van der Waals surface area contributed by atoms with Crippen molar-refractivity contribution < 1.29 is 14.1 Å². The summed E-state index contributed by atoms with van der Waals surface area (Å²) in [6, 6.07) is 1.54. The van der Waals surface area contributed by atoms with Gasteiger partial charge < -0.3 is 19.1 Å². The first-order chi connectivity index (χ1) is 13.0. The highest BCUT2D eigenvalue weighted by Crippen LogP contribution is 2.30. The number of ether oxygens (including phenoxy) is 1. The molecule has 2 aromatic rings. The molecule has 0 spiro atoms. The quantitative estimate of drug-likeness (QED) is 0.798. The predicted octanol–water partition coefficient (Wildman–Crippen LogP) is 2.32. The first-order valence-electron chi connectivity index (χ1n) is 9.51. The second-order valence-electron chi connectivity index (χ2n) is 6.68. The van der Waals surface area contributed by atoms with Crippen molar-refractivity contribution in [1.29, 1.82) is 0 Å². The maximum Gasteiger partial charge on any atom is 0.254 e. The third kappa shape index (κ3) is 4.20. The molecule has 0 saturated carbocycles. The third-order valence-corrected chi connectivity index (χ3v) is 4.90. The lowest BCUT2D eigenvalue weighted by molar-refractivity contribution is -0.132. The molecule has 0 radical (unpaired) electrons. The van der Waals surface area contributed by atoms with Crippen LogP contribution in [0.1, 0.15) is 62.0 Å². The summed E-state index contributed by atoms with van der Waals surface area (Å²) in [5, 5.41) is 3.81. The van der Waals surface area contributed by atoms with E-state index in [0.29, 0.717) is 55.4 Å². The van der Waals surface area contributed by atoms with E-state index in [2.05, 4.69) is 15.1 Å². The molecule has 27 heavy (non-hydrogen) atoms. The van der Waals surface area contributed by atoms with Crippen molar-refractivity contribution in [3.05, 3.63) is 39.3 Å². The molecule has 0 bridgehead atoms. The van der Waals surface area contributed by atoms with Crippen molar-refractivity contribution in [2.24, 2.45) is 0 Å². The van der Waals surface area contributed by atoms with Gasteiger partial charge in [0, 0.05) is 36.7 Å². The lowest BCUT2D eigenvalue weighted by Crippen LogP contribution is -2.33. The number of hydrogen-bond acceptors (Lipinski definition) is 6. The number of aromatic amines is 1. The standard InChI is InChI=1S/C19H26N4O4/c1-4-14-12(3)20-18(21-19(14)25)15-7-6-10-23(15)17(24)9-8-13-11-16(22-27-13)26-5-2/h11,15H,4-10H2,1-3H3,(H,20,21,25)/t15-/m0/s1. The van der Waals surface area contributed by atoms with Crippen molar-refractivity contribution in [2.45, 2.75) is 58.9 Å². The monoisotopic (exact) mass is 374 g/mol. The zero-order chi connectivity index (χ0) is 19.4. The third-order valence-electron chi connectivity index (χ3n) is 4.90. The van der Waals surface area contributed by atoms with Gasteiger partial charge in [-0.15, -0.1) is 0 Å². The van der Waals surface area contributed by atoms with E-state index in [1.165, 1.54) is 0 Å². The highest BCUT2D eigenvalue weighted by molar-refractivity contribution is 5.77. The van der Waals surface area contributed by atoms with E-state index in [1.54, 1.807) is 6.07 Å². The Morgan fingerprint density at radius 2 is 2.26 bits per heavy atom. The molecule has 1 fully saturated rings. The van der Waals surface area contributed by atoms with E-state index >= 15 is 0 Å². The van der Waals surface area contributed by atoms with Gasteiger partial charge in [-0.2, -0.15) is 0 Å². The van der Waals surface area contributed by atoms with Crippen LogP contribution in [0.2, 0.25) is 0 Å². The number of nitrogens with one attached hydrogen (secondary N) is 1. The number of amides is 1. The molecular formula is C19H26N4O4. The summed E-state index contributed by atoms with van der Waals surface area (Å²) in [6.45, 7) is 6.84.